The number of rotatable bonds is 2. The molecule has 0 bridgehead atoms. The molecule has 1 N–H and O–H groups in total. The highest BCUT2D eigenvalue weighted by Crippen LogP contribution is 2.43. The normalized spacial score (nSPS) is 32.0. The summed E-state index contributed by atoms with van der Waals surface area (Å²) in [6, 6.07) is 6.69. The van der Waals surface area contributed by atoms with Crippen molar-refractivity contribution in [1.29, 1.82) is 0 Å². The van der Waals surface area contributed by atoms with Gasteiger partial charge in [0, 0.05) is 6.54 Å². The first-order chi connectivity index (χ1) is 8.50. The van der Waals surface area contributed by atoms with Crippen molar-refractivity contribution in [2.75, 3.05) is 6.54 Å². The minimum absolute atomic E-state index is 0.198. The molecular weight excluding hydrogens is 250 g/mol. The number of aryl methyl sites for hydroxylation is 1. The number of sulfonamides is 1. The van der Waals surface area contributed by atoms with Crippen molar-refractivity contribution in [3.05, 3.63) is 29.8 Å². The van der Waals surface area contributed by atoms with E-state index in [1.807, 2.05) is 6.92 Å². The first kappa shape index (κ1) is 12.1. The van der Waals surface area contributed by atoms with Crippen LogP contribution in [0.25, 0.3) is 0 Å². The number of aliphatic hydroxyl groups excluding tert-OH is 1. The van der Waals surface area contributed by atoms with Gasteiger partial charge in [0.2, 0.25) is 10.0 Å². The molecule has 0 spiro atoms. The Morgan fingerprint density at radius 1 is 1.28 bits per heavy atom. The molecule has 3 atom stereocenters. The molecule has 2 fully saturated rings. The van der Waals surface area contributed by atoms with Gasteiger partial charge in [0.05, 0.1) is 17.0 Å². The predicted molar refractivity (Wildman–Crippen MR) is 67.6 cm³/mol. The van der Waals surface area contributed by atoms with Crippen molar-refractivity contribution in [2.24, 2.45) is 5.92 Å². The standard InChI is InChI=1S/C13H17NO3S/c1-9-2-4-11(5-3-9)18(16,17)14-7-6-10-8-12(15)13(10)14/h2-5,10,12-13,15H,6-8H2,1H3. The summed E-state index contributed by atoms with van der Waals surface area (Å²) in [5.74, 6) is 0.347. The zero-order chi connectivity index (χ0) is 12.9. The SMILES string of the molecule is Cc1ccc(S(=O)(=O)N2CCC3CC(O)C32)cc1. The lowest BCUT2D eigenvalue weighted by molar-refractivity contribution is -0.00435. The minimum Gasteiger partial charge on any atom is -0.391 e. The maximum absolute atomic E-state index is 12.5. The summed E-state index contributed by atoms with van der Waals surface area (Å²) in [7, 11) is -3.45. The average molecular weight is 267 g/mol. The number of benzene rings is 1. The fraction of sp³-hybridized carbons (Fsp3) is 0.538. The Kier molecular flexibility index (Phi) is 2.73. The highest BCUT2D eigenvalue weighted by molar-refractivity contribution is 7.89. The molecule has 1 aliphatic heterocycles. The van der Waals surface area contributed by atoms with Crippen LogP contribution >= 0.6 is 0 Å². The Bertz CT molecular complexity index is 552. The molecule has 0 amide bonds. The molecular formula is C13H17NO3S. The van der Waals surface area contributed by atoms with Gasteiger partial charge < -0.3 is 5.11 Å². The van der Waals surface area contributed by atoms with Crippen LogP contribution in [0.3, 0.4) is 0 Å². The van der Waals surface area contributed by atoms with Crippen LogP contribution < -0.4 is 0 Å². The summed E-state index contributed by atoms with van der Waals surface area (Å²) >= 11 is 0. The Balaban J connectivity index is 1.93. The Labute approximate surface area is 107 Å². The molecule has 1 aromatic rings. The van der Waals surface area contributed by atoms with Crippen LogP contribution in [0.4, 0.5) is 0 Å². The molecule has 1 heterocycles. The van der Waals surface area contributed by atoms with E-state index in [1.165, 1.54) is 4.31 Å². The third-order valence-corrected chi connectivity index (χ3v) is 6.01. The number of hydrogen-bond acceptors (Lipinski definition) is 3. The van der Waals surface area contributed by atoms with Crippen molar-refractivity contribution < 1.29 is 13.5 Å². The maximum Gasteiger partial charge on any atom is 0.243 e. The lowest BCUT2D eigenvalue weighted by atomic mass is 9.78. The molecule has 98 valence electrons. The van der Waals surface area contributed by atoms with Gasteiger partial charge >= 0.3 is 0 Å². The van der Waals surface area contributed by atoms with Crippen molar-refractivity contribution in [2.45, 2.75) is 36.8 Å². The first-order valence-electron chi connectivity index (χ1n) is 6.27. The maximum atomic E-state index is 12.5. The van der Waals surface area contributed by atoms with Crippen molar-refractivity contribution in [3.63, 3.8) is 0 Å². The van der Waals surface area contributed by atoms with Gasteiger partial charge in [-0.05, 0) is 37.8 Å². The number of nitrogens with zero attached hydrogens (tertiary/aromatic N) is 1. The molecule has 1 saturated carbocycles. The lowest BCUT2D eigenvalue weighted by Crippen LogP contribution is -2.53. The van der Waals surface area contributed by atoms with E-state index in [1.54, 1.807) is 24.3 Å². The molecule has 1 aromatic carbocycles. The lowest BCUT2D eigenvalue weighted by Gasteiger charge is -2.40. The average Bonchev–Trinajstić information content (AvgIpc) is 2.67. The van der Waals surface area contributed by atoms with E-state index in [2.05, 4.69) is 0 Å². The Morgan fingerprint density at radius 2 is 1.94 bits per heavy atom. The van der Waals surface area contributed by atoms with Crippen LogP contribution in [0.15, 0.2) is 29.2 Å². The van der Waals surface area contributed by atoms with Gasteiger partial charge in [-0.15, -0.1) is 0 Å². The summed E-state index contributed by atoms with van der Waals surface area (Å²) < 4.78 is 26.5. The summed E-state index contributed by atoms with van der Waals surface area (Å²) in [6.45, 7) is 2.46. The van der Waals surface area contributed by atoms with E-state index < -0.39 is 16.1 Å². The second kappa shape index (κ2) is 4.05. The van der Waals surface area contributed by atoms with Crippen molar-refractivity contribution >= 4 is 10.0 Å². The van der Waals surface area contributed by atoms with Crippen LogP contribution in [-0.2, 0) is 10.0 Å². The summed E-state index contributed by atoms with van der Waals surface area (Å²) in [5, 5.41) is 9.74. The van der Waals surface area contributed by atoms with Crippen LogP contribution in [-0.4, -0.2) is 36.5 Å². The fourth-order valence-corrected chi connectivity index (χ4v) is 4.72. The highest BCUT2D eigenvalue weighted by Gasteiger charge is 2.52. The monoisotopic (exact) mass is 267 g/mol. The molecule has 5 heteroatoms. The van der Waals surface area contributed by atoms with E-state index >= 15 is 0 Å². The van der Waals surface area contributed by atoms with Crippen LogP contribution in [0.2, 0.25) is 0 Å². The molecule has 1 aliphatic carbocycles. The molecule has 0 radical (unpaired) electrons. The Morgan fingerprint density at radius 3 is 2.56 bits per heavy atom. The quantitative estimate of drug-likeness (QED) is 0.874. The second-order valence-electron chi connectivity index (χ2n) is 5.27. The van der Waals surface area contributed by atoms with Gasteiger partial charge in [-0.3, -0.25) is 0 Å². The smallest absolute Gasteiger partial charge is 0.243 e. The topological polar surface area (TPSA) is 57.6 Å². The molecule has 18 heavy (non-hydrogen) atoms. The van der Waals surface area contributed by atoms with E-state index in [4.69, 9.17) is 0 Å². The predicted octanol–water partition coefficient (Wildman–Crippen LogP) is 1.14. The molecule has 3 unspecified atom stereocenters. The van der Waals surface area contributed by atoms with Gasteiger partial charge in [0.1, 0.15) is 0 Å². The van der Waals surface area contributed by atoms with Crippen molar-refractivity contribution in [3.8, 4) is 0 Å². The molecule has 0 aromatic heterocycles. The van der Waals surface area contributed by atoms with Gasteiger partial charge in [0.15, 0.2) is 0 Å². The third-order valence-electron chi connectivity index (χ3n) is 4.10. The summed E-state index contributed by atoms with van der Waals surface area (Å²) in [4.78, 5) is 0.327. The van der Waals surface area contributed by atoms with Crippen LogP contribution in [0, 0.1) is 12.8 Å². The van der Waals surface area contributed by atoms with Gasteiger partial charge in [0.25, 0.3) is 0 Å². The number of fused-ring (bicyclic) bond motifs is 1. The summed E-state index contributed by atoms with van der Waals surface area (Å²) in [5.41, 5.74) is 1.04. The van der Waals surface area contributed by atoms with Gasteiger partial charge in [-0.25, -0.2) is 8.42 Å². The van der Waals surface area contributed by atoms with Gasteiger partial charge in [-0.2, -0.15) is 4.31 Å². The van der Waals surface area contributed by atoms with Gasteiger partial charge in [-0.1, -0.05) is 17.7 Å². The largest absolute Gasteiger partial charge is 0.391 e. The zero-order valence-electron chi connectivity index (χ0n) is 10.3. The molecule has 2 aliphatic rings. The highest BCUT2D eigenvalue weighted by atomic mass is 32.2. The minimum atomic E-state index is -3.45. The fourth-order valence-electron chi connectivity index (χ4n) is 2.99. The number of aliphatic hydroxyl groups is 1. The second-order valence-corrected chi connectivity index (χ2v) is 7.16. The molecule has 4 nitrogen and oxygen atoms in total. The van der Waals surface area contributed by atoms with E-state index in [0.717, 1.165) is 18.4 Å². The van der Waals surface area contributed by atoms with E-state index in [0.29, 0.717) is 17.4 Å². The van der Waals surface area contributed by atoms with Crippen LogP contribution in [0.1, 0.15) is 18.4 Å². The third kappa shape index (κ3) is 1.69. The number of hydrogen-bond donors (Lipinski definition) is 1. The molecule has 1 saturated heterocycles. The van der Waals surface area contributed by atoms with E-state index in [9.17, 15) is 13.5 Å². The van der Waals surface area contributed by atoms with E-state index in [-0.39, 0.29) is 6.04 Å². The summed E-state index contributed by atoms with van der Waals surface area (Å²) in [6.07, 6.45) is 1.12. The molecule has 3 rings (SSSR count). The Hall–Kier alpha value is -0.910. The van der Waals surface area contributed by atoms with Crippen LogP contribution in [0.5, 0.6) is 0 Å². The zero-order valence-corrected chi connectivity index (χ0v) is 11.1. The van der Waals surface area contributed by atoms with Crippen molar-refractivity contribution in [1.82, 2.24) is 4.31 Å². The first-order valence-corrected chi connectivity index (χ1v) is 7.71.